The molecule has 0 unspecified atom stereocenters. The first-order valence-electron chi connectivity index (χ1n) is 4.82. The number of hydrogen-bond donors (Lipinski definition) is 0. The Morgan fingerprint density at radius 2 is 2.12 bits per heavy atom. The van der Waals surface area contributed by atoms with E-state index in [0.29, 0.717) is 5.88 Å². The smallest absolute Gasteiger partial charge is 0.363 e. The highest BCUT2D eigenvalue weighted by Crippen LogP contribution is 2.27. The summed E-state index contributed by atoms with van der Waals surface area (Å²) in [6, 6.07) is 6.54. The zero-order chi connectivity index (χ0) is 12.3. The molecule has 17 heavy (non-hydrogen) atoms. The van der Waals surface area contributed by atoms with Crippen LogP contribution < -0.4 is 4.74 Å². The van der Waals surface area contributed by atoms with Crippen LogP contribution in [0.15, 0.2) is 36.7 Å². The Labute approximate surface area is 97.1 Å². The number of pyridine rings is 2. The van der Waals surface area contributed by atoms with Gasteiger partial charge in [-0.3, -0.25) is 0 Å². The highest BCUT2D eigenvalue weighted by molar-refractivity contribution is 5.67. The summed E-state index contributed by atoms with van der Waals surface area (Å²) < 4.78 is 5.10. The molecule has 0 fully saturated rings. The average molecular weight is 231 g/mol. The molecular weight excluding hydrogens is 222 g/mol. The Bertz CT molecular complexity index is 540. The molecule has 0 spiro atoms. The van der Waals surface area contributed by atoms with Crippen molar-refractivity contribution in [3.05, 3.63) is 46.8 Å². The minimum absolute atomic E-state index is 0.184. The van der Waals surface area contributed by atoms with Gasteiger partial charge in [0.1, 0.15) is 6.20 Å². The Morgan fingerprint density at radius 3 is 2.71 bits per heavy atom. The summed E-state index contributed by atoms with van der Waals surface area (Å²) >= 11 is 0. The van der Waals surface area contributed by atoms with Crippen LogP contribution in [0.1, 0.15) is 0 Å². The fourth-order valence-electron chi connectivity index (χ4n) is 1.43. The van der Waals surface area contributed by atoms with E-state index < -0.39 is 4.92 Å². The third-order valence-electron chi connectivity index (χ3n) is 2.21. The van der Waals surface area contributed by atoms with Crippen molar-refractivity contribution in [3.63, 3.8) is 0 Å². The molecule has 0 radical (unpaired) electrons. The first kappa shape index (κ1) is 11.0. The molecule has 0 bridgehead atoms. The van der Waals surface area contributed by atoms with Gasteiger partial charge in [0.05, 0.1) is 7.11 Å². The minimum atomic E-state index is -0.537. The third-order valence-corrected chi connectivity index (χ3v) is 2.21. The predicted molar refractivity (Wildman–Crippen MR) is 60.7 cm³/mol. The van der Waals surface area contributed by atoms with Gasteiger partial charge in [0, 0.05) is 23.4 Å². The van der Waals surface area contributed by atoms with E-state index >= 15 is 0 Å². The first-order chi connectivity index (χ1) is 8.22. The summed E-state index contributed by atoms with van der Waals surface area (Å²) in [6.45, 7) is 0. The van der Waals surface area contributed by atoms with E-state index in [2.05, 4.69) is 9.97 Å². The van der Waals surface area contributed by atoms with E-state index in [-0.39, 0.29) is 5.82 Å². The van der Waals surface area contributed by atoms with Crippen molar-refractivity contribution >= 4 is 5.82 Å². The highest BCUT2D eigenvalue weighted by Gasteiger charge is 2.11. The van der Waals surface area contributed by atoms with Crippen LogP contribution >= 0.6 is 0 Å². The molecule has 0 aromatic carbocycles. The van der Waals surface area contributed by atoms with Crippen LogP contribution in [-0.2, 0) is 0 Å². The SMILES string of the molecule is COc1ncccc1-c1ccc([N+](=O)[O-])nc1. The average Bonchev–Trinajstić information content (AvgIpc) is 2.39. The quantitative estimate of drug-likeness (QED) is 0.596. The molecule has 6 nitrogen and oxygen atoms in total. The molecule has 2 aromatic heterocycles. The Morgan fingerprint density at radius 1 is 1.29 bits per heavy atom. The van der Waals surface area contributed by atoms with Crippen LogP contribution in [0, 0.1) is 10.1 Å². The van der Waals surface area contributed by atoms with Crippen molar-refractivity contribution in [3.8, 4) is 17.0 Å². The number of nitro groups is 1. The van der Waals surface area contributed by atoms with Gasteiger partial charge in [-0.05, 0) is 28.1 Å². The Balaban J connectivity index is 2.43. The lowest BCUT2D eigenvalue weighted by atomic mass is 10.1. The molecule has 0 aliphatic carbocycles. The lowest BCUT2D eigenvalue weighted by Gasteiger charge is -2.04. The standard InChI is InChI=1S/C11H9N3O3/c1-17-11-9(3-2-6-12-11)8-4-5-10(13-7-8)14(15)16/h2-7H,1H3. The second kappa shape index (κ2) is 4.56. The molecule has 2 rings (SSSR count). The summed E-state index contributed by atoms with van der Waals surface area (Å²) in [6.07, 6.45) is 3.04. The van der Waals surface area contributed by atoms with Crippen molar-refractivity contribution in [1.82, 2.24) is 9.97 Å². The van der Waals surface area contributed by atoms with Crippen LogP contribution in [0.4, 0.5) is 5.82 Å². The van der Waals surface area contributed by atoms with Gasteiger partial charge in [0.25, 0.3) is 0 Å². The number of aromatic nitrogens is 2. The maximum atomic E-state index is 10.5. The van der Waals surface area contributed by atoms with E-state index in [4.69, 9.17) is 4.74 Å². The van der Waals surface area contributed by atoms with Crippen molar-refractivity contribution in [1.29, 1.82) is 0 Å². The Kier molecular flexibility index (Phi) is 2.95. The van der Waals surface area contributed by atoms with Gasteiger partial charge in [-0.1, -0.05) is 0 Å². The molecule has 0 atom stereocenters. The van der Waals surface area contributed by atoms with Crippen LogP contribution in [-0.4, -0.2) is 22.0 Å². The largest absolute Gasteiger partial charge is 0.481 e. The van der Waals surface area contributed by atoms with Gasteiger partial charge in [-0.2, -0.15) is 0 Å². The predicted octanol–water partition coefficient (Wildman–Crippen LogP) is 2.06. The second-order valence-electron chi connectivity index (χ2n) is 3.22. The van der Waals surface area contributed by atoms with Crippen LogP contribution in [0.2, 0.25) is 0 Å². The second-order valence-corrected chi connectivity index (χ2v) is 3.22. The molecule has 0 amide bonds. The molecule has 2 aromatic rings. The van der Waals surface area contributed by atoms with E-state index in [9.17, 15) is 10.1 Å². The van der Waals surface area contributed by atoms with Gasteiger partial charge in [-0.25, -0.2) is 4.98 Å². The fraction of sp³-hybridized carbons (Fsp3) is 0.0909. The zero-order valence-electron chi connectivity index (χ0n) is 9.03. The lowest BCUT2D eigenvalue weighted by molar-refractivity contribution is -0.389. The van der Waals surface area contributed by atoms with E-state index in [1.54, 1.807) is 18.3 Å². The number of methoxy groups -OCH3 is 1. The number of ether oxygens (including phenoxy) is 1. The fourth-order valence-corrected chi connectivity index (χ4v) is 1.43. The van der Waals surface area contributed by atoms with Gasteiger partial charge in [-0.15, -0.1) is 0 Å². The van der Waals surface area contributed by atoms with Crippen LogP contribution in [0.5, 0.6) is 5.88 Å². The molecular formula is C11H9N3O3. The van der Waals surface area contributed by atoms with E-state index in [0.717, 1.165) is 11.1 Å². The van der Waals surface area contributed by atoms with Crippen LogP contribution in [0.3, 0.4) is 0 Å². The van der Waals surface area contributed by atoms with Crippen molar-refractivity contribution in [2.75, 3.05) is 7.11 Å². The monoisotopic (exact) mass is 231 g/mol. The molecule has 2 heterocycles. The topological polar surface area (TPSA) is 78.2 Å². The van der Waals surface area contributed by atoms with Gasteiger partial charge < -0.3 is 14.9 Å². The normalized spacial score (nSPS) is 9.94. The molecule has 0 N–H and O–H groups in total. The summed E-state index contributed by atoms with van der Waals surface area (Å²) in [5.74, 6) is 0.278. The molecule has 0 saturated carbocycles. The van der Waals surface area contributed by atoms with Crippen molar-refractivity contribution in [2.24, 2.45) is 0 Å². The summed E-state index contributed by atoms with van der Waals surface area (Å²) in [4.78, 5) is 17.7. The third kappa shape index (κ3) is 2.20. The first-order valence-corrected chi connectivity index (χ1v) is 4.82. The van der Waals surface area contributed by atoms with Crippen molar-refractivity contribution in [2.45, 2.75) is 0 Å². The molecule has 0 aliphatic heterocycles. The molecule has 86 valence electrons. The van der Waals surface area contributed by atoms with Gasteiger partial charge in [0.15, 0.2) is 0 Å². The maximum Gasteiger partial charge on any atom is 0.363 e. The van der Waals surface area contributed by atoms with Gasteiger partial charge in [0.2, 0.25) is 5.88 Å². The molecule has 0 aliphatic rings. The number of nitrogens with zero attached hydrogens (tertiary/aromatic N) is 3. The maximum absolute atomic E-state index is 10.5. The Hall–Kier alpha value is -2.50. The van der Waals surface area contributed by atoms with E-state index in [1.165, 1.54) is 19.4 Å². The number of rotatable bonds is 3. The van der Waals surface area contributed by atoms with Crippen LogP contribution in [0.25, 0.3) is 11.1 Å². The highest BCUT2D eigenvalue weighted by atomic mass is 16.6. The summed E-state index contributed by atoms with van der Waals surface area (Å²) in [5, 5.41) is 10.5. The summed E-state index contributed by atoms with van der Waals surface area (Å²) in [5.41, 5.74) is 1.47. The molecule has 6 heteroatoms. The van der Waals surface area contributed by atoms with Crippen molar-refractivity contribution < 1.29 is 9.66 Å². The number of hydrogen-bond acceptors (Lipinski definition) is 5. The van der Waals surface area contributed by atoms with E-state index in [1.807, 2.05) is 6.07 Å². The molecule has 0 saturated heterocycles. The summed E-state index contributed by atoms with van der Waals surface area (Å²) in [7, 11) is 1.52. The van der Waals surface area contributed by atoms with Gasteiger partial charge >= 0.3 is 5.82 Å². The minimum Gasteiger partial charge on any atom is -0.481 e. The zero-order valence-corrected chi connectivity index (χ0v) is 9.03. The lowest BCUT2D eigenvalue weighted by Crippen LogP contribution is -1.93.